The number of piperazine rings is 1. The molecule has 0 radical (unpaired) electrons. The summed E-state index contributed by atoms with van der Waals surface area (Å²) in [5.41, 5.74) is 0.130. The monoisotopic (exact) mass is 399 g/mol. The zero-order valence-corrected chi connectivity index (χ0v) is 17.4. The van der Waals surface area contributed by atoms with Crippen molar-refractivity contribution in [3.05, 3.63) is 40.3 Å². The predicted molar refractivity (Wildman–Crippen MR) is 112 cm³/mol. The highest BCUT2D eigenvalue weighted by Gasteiger charge is 2.28. The SMILES string of the molecule is CCCn1nc(C(=O)N2CCN(C(=O)N(CC)CC)CC2)c2ccccc2c1=O. The number of nitrogens with zero attached hydrogens (tertiary/aromatic N) is 5. The lowest BCUT2D eigenvalue weighted by Gasteiger charge is -2.37. The molecule has 156 valence electrons. The number of fused-ring (bicyclic) bond motifs is 1. The Morgan fingerprint density at radius 3 is 2.14 bits per heavy atom. The Bertz CT molecular complexity index is 943. The standard InChI is InChI=1S/C21H29N5O3/c1-4-11-26-19(27)17-10-8-7-9-16(17)18(22-26)20(28)24-12-14-25(15-13-24)21(29)23(5-2)6-3/h7-10H,4-6,11-15H2,1-3H3. The topological polar surface area (TPSA) is 78.8 Å². The highest BCUT2D eigenvalue weighted by molar-refractivity contribution is 6.04. The van der Waals surface area contributed by atoms with E-state index in [1.54, 1.807) is 32.9 Å². The number of aromatic nitrogens is 2. The van der Waals surface area contributed by atoms with Gasteiger partial charge >= 0.3 is 6.03 Å². The second-order valence-electron chi connectivity index (χ2n) is 7.16. The fraction of sp³-hybridized carbons (Fsp3) is 0.524. The molecule has 8 heteroatoms. The number of hydrogen-bond donors (Lipinski definition) is 0. The van der Waals surface area contributed by atoms with E-state index in [4.69, 9.17) is 0 Å². The molecule has 0 atom stereocenters. The number of aryl methyl sites for hydroxylation is 1. The molecule has 0 unspecified atom stereocenters. The van der Waals surface area contributed by atoms with Gasteiger partial charge in [0.1, 0.15) is 0 Å². The summed E-state index contributed by atoms with van der Waals surface area (Å²) in [6.07, 6.45) is 0.755. The summed E-state index contributed by atoms with van der Waals surface area (Å²) < 4.78 is 1.38. The van der Waals surface area contributed by atoms with E-state index >= 15 is 0 Å². The summed E-state index contributed by atoms with van der Waals surface area (Å²) in [4.78, 5) is 43.7. The minimum absolute atomic E-state index is 0.0159. The smallest absolute Gasteiger partial charge is 0.320 e. The van der Waals surface area contributed by atoms with Gasteiger partial charge in [0, 0.05) is 51.2 Å². The number of benzene rings is 1. The average Bonchev–Trinajstić information content (AvgIpc) is 2.76. The van der Waals surface area contributed by atoms with Crippen molar-refractivity contribution in [1.82, 2.24) is 24.5 Å². The van der Waals surface area contributed by atoms with Gasteiger partial charge in [-0.1, -0.05) is 25.1 Å². The number of hydrogen-bond acceptors (Lipinski definition) is 4. The van der Waals surface area contributed by atoms with E-state index < -0.39 is 0 Å². The predicted octanol–water partition coefficient (Wildman–Crippen LogP) is 2.03. The molecule has 1 aliphatic heterocycles. The van der Waals surface area contributed by atoms with Crippen LogP contribution >= 0.6 is 0 Å². The van der Waals surface area contributed by atoms with Gasteiger partial charge in [-0.05, 0) is 26.3 Å². The van der Waals surface area contributed by atoms with Crippen LogP contribution in [0.15, 0.2) is 29.1 Å². The number of urea groups is 1. The van der Waals surface area contributed by atoms with Crippen molar-refractivity contribution in [3.63, 3.8) is 0 Å². The van der Waals surface area contributed by atoms with Crippen molar-refractivity contribution in [3.8, 4) is 0 Å². The van der Waals surface area contributed by atoms with Crippen LogP contribution in [0.25, 0.3) is 10.8 Å². The molecule has 0 aliphatic carbocycles. The number of amides is 3. The van der Waals surface area contributed by atoms with Crippen LogP contribution in [-0.4, -0.2) is 75.7 Å². The molecular weight excluding hydrogens is 370 g/mol. The third-order valence-corrected chi connectivity index (χ3v) is 5.38. The van der Waals surface area contributed by atoms with Gasteiger partial charge < -0.3 is 14.7 Å². The Morgan fingerprint density at radius 2 is 1.55 bits per heavy atom. The molecule has 8 nitrogen and oxygen atoms in total. The first-order chi connectivity index (χ1) is 14.0. The Hall–Kier alpha value is -2.90. The van der Waals surface area contributed by atoms with Crippen LogP contribution in [-0.2, 0) is 6.54 Å². The van der Waals surface area contributed by atoms with Crippen LogP contribution in [0.4, 0.5) is 4.79 Å². The molecule has 0 bridgehead atoms. The maximum atomic E-state index is 13.2. The minimum atomic E-state index is -0.194. The quantitative estimate of drug-likeness (QED) is 0.771. The van der Waals surface area contributed by atoms with E-state index in [9.17, 15) is 14.4 Å². The fourth-order valence-electron chi connectivity index (χ4n) is 3.70. The Labute approximate surface area is 170 Å². The van der Waals surface area contributed by atoms with Crippen LogP contribution in [0, 0.1) is 0 Å². The van der Waals surface area contributed by atoms with Crippen LogP contribution < -0.4 is 5.56 Å². The van der Waals surface area contributed by atoms with Crippen molar-refractivity contribution in [2.45, 2.75) is 33.7 Å². The van der Waals surface area contributed by atoms with Crippen LogP contribution in [0.2, 0.25) is 0 Å². The lowest BCUT2D eigenvalue weighted by Crippen LogP contribution is -2.54. The molecule has 0 saturated carbocycles. The van der Waals surface area contributed by atoms with E-state index in [2.05, 4.69) is 5.10 Å². The molecule has 3 rings (SSSR count). The molecule has 29 heavy (non-hydrogen) atoms. The molecule has 1 fully saturated rings. The van der Waals surface area contributed by atoms with Gasteiger partial charge in [-0.2, -0.15) is 5.10 Å². The van der Waals surface area contributed by atoms with Gasteiger partial charge in [-0.25, -0.2) is 9.48 Å². The molecular formula is C21H29N5O3. The highest BCUT2D eigenvalue weighted by Crippen LogP contribution is 2.17. The van der Waals surface area contributed by atoms with Crippen LogP contribution in [0.1, 0.15) is 37.7 Å². The molecule has 2 aromatic rings. The summed E-state index contributed by atoms with van der Waals surface area (Å²) in [5.74, 6) is -0.194. The minimum Gasteiger partial charge on any atom is -0.334 e. The van der Waals surface area contributed by atoms with Crippen molar-refractivity contribution < 1.29 is 9.59 Å². The van der Waals surface area contributed by atoms with Gasteiger partial charge in [0.2, 0.25) is 0 Å². The summed E-state index contributed by atoms with van der Waals surface area (Å²) in [7, 11) is 0. The lowest BCUT2D eigenvalue weighted by molar-refractivity contribution is 0.0635. The van der Waals surface area contributed by atoms with E-state index in [0.29, 0.717) is 62.3 Å². The zero-order valence-electron chi connectivity index (χ0n) is 17.4. The largest absolute Gasteiger partial charge is 0.334 e. The maximum absolute atomic E-state index is 13.2. The van der Waals surface area contributed by atoms with E-state index in [-0.39, 0.29) is 17.5 Å². The van der Waals surface area contributed by atoms with Crippen molar-refractivity contribution in [1.29, 1.82) is 0 Å². The third-order valence-electron chi connectivity index (χ3n) is 5.38. The van der Waals surface area contributed by atoms with Crippen molar-refractivity contribution in [2.24, 2.45) is 0 Å². The Kier molecular flexibility index (Phi) is 6.51. The van der Waals surface area contributed by atoms with Crippen molar-refractivity contribution in [2.75, 3.05) is 39.3 Å². The molecule has 0 N–H and O–H groups in total. The molecule has 1 aromatic carbocycles. The van der Waals surface area contributed by atoms with E-state index in [1.807, 2.05) is 26.8 Å². The summed E-state index contributed by atoms with van der Waals surface area (Å²) in [6.45, 7) is 9.59. The summed E-state index contributed by atoms with van der Waals surface area (Å²) in [6, 6.07) is 7.13. The normalized spacial score (nSPS) is 14.3. The van der Waals surface area contributed by atoms with Gasteiger partial charge in [-0.15, -0.1) is 0 Å². The second-order valence-corrected chi connectivity index (χ2v) is 7.16. The highest BCUT2D eigenvalue weighted by atomic mass is 16.2. The van der Waals surface area contributed by atoms with Crippen molar-refractivity contribution >= 4 is 22.7 Å². The molecule has 3 amide bonds. The number of rotatable bonds is 5. The molecule has 1 aromatic heterocycles. The molecule has 1 saturated heterocycles. The first-order valence-electron chi connectivity index (χ1n) is 10.3. The summed E-state index contributed by atoms with van der Waals surface area (Å²) in [5, 5.41) is 5.49. The van der Waals surface area contributed by atoms with Gasteiger partial charge in [0.25, 0.3) is 11.5 Å². The number of carbonyl (C=O) groups excluding carboxylic acids is 2. The maximum Gasteiger partial charge on any atom is 0.320 e. The zero-order chi connectivity index (χ0) is 21.0. The number of carbonyl (C=O) groups is 2. The lowest BCUT2D eigenvalue weighted by atomic mass is 10.1. The fourth-order valence-corrected chi connectivity index (χ4v) is 3.70. The van der Waals surface area contributed by atoms with E-state index in [1.165, 1.54) is 4.68 Å². The van der Waals surface area contributed by atoms with Gasteiger partial charge in [-0.3, -0.25) is 9.59 Å². The Balaban J connectivity index is 1.83. The second kappa shape index (κ2) is 9.07. The average molecular weight is 399 g/mol. The van der Waals surface area contributed by atoms with E-state index in [0.717, 1.165) is 6.42 Å². The van der Waals surface area contributed by atoms with Crippen LogP contribution in [0.5, 0.6) is 0 Å². The third kappa shape index (κ3) is 4.11. The molecule has 2 heterocycles. The molecule has 0 spiro atoms. The first-order valence-corrected chi connectivity index (χ1v) is 10.3. The van der Waals surface area contributed by atoms with Crippen LogP contribution in [0.3, 0.4) is 0 Å². The summed E-state index contributed by atoms with van der Waals surface area (Å²) >= 11 is 0. The van der Waals surface area contributed by atoms with Gasteiger partial charge in [0.05, 0.1) is 5.39 Å². The Morgan fingerprint density at radius 1 is 0.966 bits per heavy atom. The van der Waals surface area contributed by atoms with Gasteiger partial charge in [0.15, 0.2) is 5.69 Å². The molecule has 1 aliphatic rings. The first kappa shape index (κ1) is 20.8.